The molecule has 31 heavy (non-hydrogen) atoms. The first kappa shape index (κ1) is 20.8. The normalized spacial score (nSPS) is 18.8. The number of amides is 3. The first-order chi connectivity index (χ1) is 15.1. The maximum atomic E-state index is 12.8. The van der Waals surface area contributed by atoms with E-state index in [2.05, 4.69) is 10.2 Å². The van der Waals surface area contributed by atoms with E-state index in [0.717, 1.165) is 30.2 Å². The minimum Gasteiger partial charge on any atom is -0.497 e. The van der Waals surface area contributed by atoms with E-state index in [4.69, 9.17) is 9.47 Å². The zero-order valence-electron chi connectivity index (χ0n) is 17.9. The number of hydrogen-bond donors (Lipinski definition) is 1. The Bertz CT molecular complexity index is 943. The zero-order valence-corrected chi connectivity index (χ0v) is 17.9. The Morgan fingerprint density at radius 2 is 1.77 bits per heavy atom. The Hall–Kier alpha value is -3.42. The predicted molar refractivity (Wildman–Crippen MR) is 119 cm³/mol. The fourth-order valence-electron chi connectivity index (χ4n) is 4.14. The van der Waals surface area contributed by atoms with Crippen molar-refractivity contribution in [2.24, 2.45) is 0 Å². The van der Waals surface area contributed by atoms with Crippen LogP contribution < -0.4 is 24.6 Å². The molecule has 8 heteroatoms. The molecule has 8 nitrogen and oxygen atoms in total. The Kier molecular flexibility index (Phi) is 6.16. The van der Waals surface area contributed by atoms with Gasteiger partial charge >= 0.3 is 6.03 Å². The van der Waals surface area contributed by atoms with Gasteiger partial charge in [0.05, 0.1) is 25.9 Å². The van der Waals surface area contributed by atoms with Crippen molar-refractivity contribution in [1.82, 2.24) is 10.2 Å². The smallest absolute Gasteiger partial charge is 0.317 e. The number of nitrogens with one attached hydrogen (secondary N) is 1. The molecule has 0 bridgehead atoms. The fraction of sp³-hybridized carbons (Fsp3) is 0.391. The van der Waals surface area contributed by atoms with E-state index < -0.39 is 0 Å². The van der Waals surface area contributed by atoms with Crippen molar-refractivity contribution in [2.45, 2.75) is 12.5 Å². The molecule has 0 unspecified atom stereocenters. The molecule has 0 spiro atoms. The highest BCUT2D eigenvalue weighted by Crippen LogP contribution is 2.29. The number of rotatable bonds is 5. The van der Waals surface area contributed by atoms with Gasteiger partial charge in [-0.15, -0.1) is 0 Å². The highest BCUT2D eigenvalue weighted by Gasteiger charge is 2.33. The van der Waals surface area contributed by atoms with Crippen molar-refractivity contribution in [1.29, 1.82) is 0 Å². The van der Waals surface area contributed by atoms with E-state index in [1.807, 2.05) is 53.4 Å². The summed E-state index contributed by atoms with van der Waals surface area (Å²) in [4.78, 5) is 31.0. The summed E-state index contributed by atoms with van der Waals surface area (Å²) in [7, 11) is 3.27. The van der Waals surface area contributed by atoms with E-state index in [9.17, 15) is 9.59 Å². The van der Waals surface area contributed by atoms with Gasteiger partial charge in [0.1, 0.15) is 11.5 Å². The van der Waals surface area contributed by atoms with Crippen molar-refractivity contribution >= 4 is 23.3 Å². The van der Waals surface area contributed by atoms with Gasteiger partial charge in [0, 0.05) is 50.9 Å². The van der Waals surface area contributed by atoms with Crippen molar-refractivity contribution in [3.63, 3.8) is 0 Å². The number of nitrogens with zero attached hydrogens (tertiary/aromatic N) is 3. The molecule has 4 rings (SSSR count). The third kappa shape index (κ3) is 4.52. The van der Waals surface area contributed by atoms with Gasteiger partial charge in [-0.3, -0.25) is 4.79 Å². The van der Waals surface area contributed by atoms with Gasteiger partial charge in [-0.2, -0.15) is 0 Å². The Morgan fingerprint density at radius 3 is 2.52 bits per heavy atom. The first-order valence-electron chi connectivity index (χ1n) is 10.5. The summed E-state index contributed by atoms with van der Waals surface area (Å²) in [5.74, 6) is 1.53. The maximum Gasteiger partial charge on any atom is 0.317 e. The number of piperazine rings is 1. The monoisotopic (exact) mass is 424 g/mol. The second-order valence-corrected chi connectivity index (χ2v) is 7.70. The molecule has 0 aliphatic carbocycles. The highest BCUT2D eigenvalue weighted by molar-refractivity contribution is 5.97. The number of carbonyl (C=O) groups is 2. The lowest BCUT2D eigenvalue weighted by Crippen LogP contribution is -2.54. The highest BCUT2D eigenvalue weighted by atomic mass is 16.5. The summed E-state index contributed by atoms with van der Waals surface area (Å²) in [5.41, 5.74) is 1.83. The summed E-state index contributed by atoms with van der Waals surface area (Å²) >= 11 is 0. The van der Waals surface area contributed by atoms with E-state index in [1.54, 1.807) is 19.1 Å². The van der Waals surface area contributed by atoms with E-state index in [0.29, 0.717) is 31.8 Å². The van der Waals surface area contributed by atoms with Crippen LogP contribution in [0.25, 0.3) is 0 Å². The molecule has 1 atom stereocenters. The quantitative estimate of drug-likeness (QED) is 0.798. The lowest BCUT2D eigenvalue weighted by atomic mass is 10.2. The van der Waals surface area contributed by atoms with Crippen LogP contribution in [0.2, 0.25) is 0 Å². The molecule has 0 radical (unpaired) electrons. The minimum atomic E-state index is -0.210. The molecule has 164 valence electrons. The Morgan fingerprint density at radius 1 is 1.00 bits per heavy atom. The van der Waals surface area contributed by atoms with Crippen molar-refractivity contribution in [2.75, 3.05) is 56.7 Å². The molecule has 0 aromatic heterocycles. The Labute approximate surface area is 182 Å². The third-order valence-corrected chi connectivity index (χ3v) is 5.81. The molecule has 0 saturated carbocycles. The molecule has 2 saturated heterocycles. The maximum absolute atomic E-state index is 12.8. The average Bonchev–Trinajstić information content (AvgIpc) is 3.19. The number of hydrogen-bond acceptors (Lipinski definition) is 5. The van der Waals surface area contributed by atoms with Crippen molar-refractivity contribution < 1.29 is 19.1 Å². The molecular weight excluding hydrogens is 396 g/mol. The summed E-state index contributed by atoms with van der Waals surface area (Å²) in [6, 6.07) is 15.0. The number of methoxy groups -OCH3 is 2. The zero-order chi connectivity index (χ0) is 21.8. The lowest BCUT2D eigenvalue weighted by molar-refractivity contribution is -0.117. The first-order valence-corrected chi connectivity index (χ1v) is 10.5. The van der Waals surface area contributed by atoms with Crippen LogP contribution in [0, 0.1) is 0 Å². The van der Waals surface area contributed by atoms with Gasteiger partial charge in [-0.25, -0.2) is 4.79 Å². The third-order valence-electron chi connectivity index (χ3n) is 5.81. The molecule has 2 aromatic carbocycles. The van der Waals surface area contributed by atoms with Gasteiger partial charge < -0.3 is 29.5 Å². The topological polar surface area (TPSA) is 74.3 Å². The molecule has 2 heterocycles. The molecule has 1 N–H and O–H groups in total. The SMILES string of the molecule is COc1cccc(N2C[C@H](NC(=O)N3CCN(c4ccccc4OC)CC3)CC2=O)c1. The van der Waals surface area contributed by atoms with Gasteiger partial charge in [0.15, 0.2) is 0 Å². The van der Waals surface area contributed by atoms with Crippen LogP contribution in [0.1, 0.15) is 6.42 Å². The van der Waals surface area contributed by atoms with Crippen LogP contribution in [-0.4, -0.2) is 69.8 Å². The fourth-order valence-corrected chi connectivity index (χ4v) is 4.14. The molecule has 3 amide bonds. The standard InChI is InChI=1S/C23H28N4O4/c1-30-19-7-5-6-18(15-19)27-16-17(14-22(27)28)24-23(29)26-12-10-25(11-13-26)20-8-3-4-9-21(20)31-2/h3-9,15,17H,10-14,16H2,1-2H3,(H,24,29)/t17-/m1/s1. The number of urea groups is 1. The van der Waals surface area contributed by atoms with Gasteiger partial charge in [-0.05, 0) is 24.3 Å². The lowest BCUT2D eigenvalue weighted by Gasteiger charge is -2.37. The molecule has 2 aliphatic heterocycles. The van der Waals surface area contributed by atoms with Crippen LogP contribution >= 0.6 is 0 Å². The van der Waals surface area contributed by atoms with Crippen LogP contribution in [-0.2, 0) is 4.79 Å². The second kappa shape index (κ2) is 9.16. The number of benzene rings is 2. The van der Waals surface area contributed by atoms with Crippen LogP contribution in [0.4, 0.5) is 16.2 Å². The molecule has 2 fully saturated rings. The molecular formula is C23H28N4O4. The number of ether oxygens (including phenoxy) is 2. The van der Waals surface area contributed by atoms with E-state index >= 15 is 0 Å². The van der Waals surface area contributed by atoms with Gasteiger partial charge in [-0.1, -0.05) is 18.2 Å². The van der Waals surface area contributed by atoms with Crippen LogP contribution in [0.15, 0.2) is 48.5 Å². The second-order valence-electron chi connectivity index (χ2n) is 7.70. The Balaban J connectivity index is 1.32. The number of anilines is 2. The van der Waals surface area contributed by atoms with E-state index in [-0.39, 0.29) is 18.0 Å². The number of para-hydroxylation sites is 2. The van der Waals surface area contributed by atoms with Crippen molar-refractivity contribution in [3.8, 4) is 11.5 Å². The van der Waals surface area contributed by atoms with Crippen LogP contribution in [0.5, 0.6) is 11.5 Å². The summed E-state index contributed by atoms with van der Waals surface area (Å²) in [6.45, 7) is 3.15. The number of carbonyl (C=O) groups excluding carboxylic acids is 2. The van der Waals surface area contributed by atoms with Crippen molar-refractivity contribution in [3.05, 3.63) is 48.5 Å². The van der Waals surface area contributed by atoms with E-state index in [1.165, 1.54) is 0 Å². The van der Waals surface area contributed by atoms with Gasteiger partial charge in [0.25, 0.3) is 0 Å². The molecule has 2 aliphatic rings. The summed E-state index contributed by atoms with van der Waals surface area (Å²) in [5, 5.41) is 3.03. The average molecular weight is 425 g/mol. The van der Waals surface area contributed by atoms with Gasteiger partial charge in [0.2, 0.25) is 5.91 Å². The van der Waals surface area contributed by atoms with Crippen LogP contribution in [0.3, 0.4) is 0 Å². The molecule has 2 aromatic rings. The summed E-state index contributed by atoms with van der Waals surface area (Å²) in [6.07, 6.45) is 0.296. The largest absolute Gasteiger partial charge is 0.497 e. The minimum absolute atomic E-state index is 0.000421. The predicted octanol–water partition coefficient (Wildman–Crippen LogP) is 2.34. The summed E-state index contributed by atoms with van der Waals surface area (Å²) < 4.78 is 10.7.